The van der Waals surface area contributed by atoms with Gasteiger partial charge in [-0.25, -0.2) is 13.2 Å². The normalized spacial score (nSPS) is 18.5. The lowest BCUT2D eigenvalue weighted by Crippen LogP contribution is -2.45. The second-order valence-electron chi connectivity index (χ2n) is 5.25. The third-order valence-corrected chi connectivity index (χ3v) is 3.68. The number of benzene rings is 1. The first-order chi connectivity index (χ1) is 10.3. The molecule has 1 aliphatic heterocycles. The van der Waals surface area contributed by atoms with Crippen LogP contribution < -0.4 is 5.32 Å². The Bertz CT molecular complexity index is 488. The standard InChI is InChI=1S/C14H16F6N2/c15-10-7-9(8-11(16)13(10)17)12(1-2-14(18,19)20)22-5-3-21-4-6-22/h7-8,12,21H,1-6H2/t12-/m1/s1. The summed E-state index contributed by atoms with van der Waals surface area (Å²) >= 11 is 0. The zero-order valence-corrected chi connectivity index (χ0v) is 11.7. The smallest absolute Gasteiger partial charge is 0.314 e. The van der Waals surface area contributed by atoms with Gasteiger partial charge in [-0.05, 0) is 24.1 Å². The van der Waals surface area contributed by atoms with Gasteiger partial charge < -0.3 is 5.32 Å². The van der Waals surface area contributed by atoms with Crippen LogP contribution in [0.1, 0.15) is 24.4 Å². The highest BCUT2D eigenvalue weighted by atomic mass is 19.4. The lowest BCUT2D eigenvalue weighted by Gasteiger charge is -2.35. The van der Waals surface area contributed by atoms with Crippen molar-refractivity contribution in [1.82, 2.24) is 10.2 Å². The zero-order chi connectivity index (χ0) is 16.3. The summed E-state index contributed by atoms with van der Waals surface area (Å²) in [4.78, 5) is 1.73. The molecule has 22 heavy (non-hydrogen) atoms. The molecule has 0 aromatic heterocycles. The fraction of sp³-hybridized carbons (Fsp3) is 0.571. The second-order valence-corrected chi connectivity index (χ2v) is 5.25. The highest BCUT2D eigenvalue weighted by Gasteiger charge is 2.32. The van der Waals surface area contributed by atoms with Crippen molar-refractivity contribution in [3.05, 3.63) is 35.1 Å². The van der Waals surface area contributed by atoms with Crippen LogP contribution in [0.15, 0.2) is 12.1 Å². The van der Waals surface area contributed by atoms with Crippen molar-refractivity contribution in [3.63, 3.8) is 0 Å². The van der Waals surface area contributed by atoms with Crippen molar-refractivity contribution < 1.29 is 26.3 Å². The molecule has 124 valence electrons. The lowest BCUT2D eigenvalue weighted by atomic mass is 9.98. The maximum absolute atomic E-state index is 13.4. The number of piperazine rings is 1. The van der Waals surface area contributed by atoms with Crippen LogP contribution in [-0.2, 0) is 0 Å². The van der Waals surface area contributed by atoms with E-state index in [-0.39, 0.29) is 12.0 Å². The van der Waals surface area contributed by atoms with Gasteiger partial charge in [-0.1, -0.05) is 0 Å². The summed E-state index contributed by atoms with van der Waals surface area (Å²) in [6.45, 7) is 2.08. The van der Waals surface area contributed by atoms with E-state index in [2.05, 4.69) is 5.32 Å². The predicted octanol–water partition coefficient (Wildman–Crippen LogP) is 3.39. The molecule has 2 rings (SSSR count). The van der Waals surface area contributed by atoms with Crippen LogP contribution in [0.25, 0.3) is 0 Å². The zero-order valence-electron chi connectivity index (χ0n) is 11.7. The van der Waals surface area contributed by atoms with Crippen LogP contribution in [0.3, 0.4) is 0 Å². The molecule has 1 aromatic carbocycles. The number of hydrogen-bond acceptors (Lipinski definition) is 2. The van der Waals surface area contributed by atoms with Gasteiger partial charge in [0.1, 0.15) is 0 Å². The van der Waals surface area contributed by atoms with E-state index in [1.54, 1.807) is 4.90 Å². The molecule has 1 heterocycles. The Morgan fingerprint density at radius 2 is 1.59 bits per heavy atom. The highest BCUT2D eigenvalue weighted by molar-refractivity contribution is 5.23. The van der Waals surface area contributed by atoms with E-state index >= 15 is 0 Å². The van der Waals surface area contributed by atoms with Gasteiger partial charge in [0.25, 0.3) is 0 Å². The van der Waals surface area contributed by atoms with Crippen molar-refractivity contribution in [2.45, 2.75) is 25.1 Å². The van der Waals surface area contributed by atoms with Gasteiger partial charge in [-0.2, -0.15) is 13.2 Å². The van der Waals surface area contributed by atoms with Gasteiger partial charge in [0.15, 0.2) is 17.5 Å². The molecule has 1 aliphatic rings. The quantitative estimate of drug-likeness (QED) is 0.674. The van der Waals surface area contributed by atoms with Crippen LogP contribution in [0.4, 0.5) is 26.3 Å². The minimum atomic E-state index is -4.36. The van der Waals surface area contributed by atoms with Gasteiger partial charge in [-0.3, -0.25) is 4.90 Å². The molecule has 8 heteroatoms. The number of halogens is 6. The largest absolute Gasteiger partial charge is 0.389 e. The third-order valence-electron chi connectivity index (χ3n) is 3.68. The number of hydrogen-bond donors (Lipinski definition) is 1. The Balaban J connectivity index is 2.26. The van der Waals surface area contributed by atoms with E-state index in [9.17, 15) is 26.3 Å². The van der Waals surface area contributed by atoms with Crippen molar-refractivity contribution in [3.8, 4) is 0 Å². The molecule has 0 unspecified atom stereocenters. The molecule has 1 aromatic rings. The van der Waals surface area contributed by atoms with E-state index in [0.717, 1.165) is 12.1 Å². The van der Waals surface area contributed by atoms with Crippen LogP contribution in [0.2, 0.25) is 0 Å². The first kappa shape index (κ1) is 17.1. The first-order valence-corrected chi connectivity index (χ1v) is 6.94. The molecule has 1 saturated heterocycles. The summed E-state index contributed by atoms with van der Waals surface area (Å²) in [6.07, 6.45) is -5.75. The Labute approximate surface area is 124 Å². The molecule has 1 N–H and O–H groups in total. The van der Waals surface area contributed by atoms with Gasteiger partial charge >= 0.3 is 6.18 Å². The molecule has 0 saturated carbocycles. The topological polar surface area (TPSA) is 15.3 Å². The molecular weight excluding hydrogens is 310 g/mol. The summed E-state index contributed by atoms with van der Waals surface area (Å²) in [6, 6.07) is 0.761. The van der Waals surface area contributed by atoms with E-state index in [1.165, 1.54) is 0 Å². The van der Waals surface area contributed by atoms with Gasteiger partial charge in [0, 0.05) is 38.6 Å². The van der Waals surface area contributed by atoms with Crippen molar-refractivity contribution in [1.29, 1.82) is 0 Å². The monoisotopic (exact) mass is 326 g/mol. The molecule has 0 amide bonds. The van der Waals surface area contributed by atoms with Gasteiger partial charge in [0.2, 0.25) is 0 Å². The number of rotatable bonds is 4. The van der Waals surface area contributed by atoms with E-state index in [4.69, 9.17) is 0 Å². The van der Waals surface area contributed by atoms with E-state index in [0.29, 0.717) is 26.2 Å². The Hall–Kier alpha value is -1.28. The predicted molar refractivity (Wildman–Crippen MR) is 68.8 cm³/mol. The SMILES string of the molecule is Fc1cc([C@@H](CCC(F)(F)F)N2CCNCC2)cc(F)c1F. The number of alkyl halides is 3. The first-order valence-electron chi connectivity index (χ1n) is 6.94. The fourth-order valence-corrected chi connectivity index (χ4v) is 2.62. The summed E-state index contributed by atoms with van der Waals surface area (Å²) in [7, 11) is 0. The minimum absolute atomic E-state index is 0.0301. The molecular formula is C14H16F6N2. The number of nitrogens with one attached hydrogen (secondary N) is 1. The summed E-state index contributed by atoms with van der Waals surface area (Å²) < 4.78 is 77.2. The van der Waals surface area contributed by atoms with Gasteiger partial charge in [0.05, 0.1) is 0 Å². The third kappa shape index (κ3) is 4.36. The van der Waals surface area contributed by atoms with E-state index < -0.39 is 36.1 Å². The Kier molecular flexibility index (Phi) is 5.33. The second kappa shape index (κ2) is 6.87. The van der Waals surface area contributed by atoms with Crippen molar-refractivity contribution in [2.24, 2.45) is 0 Å². The van der Waals surface area contributed by atoms with Crippen LogP contribution in [-0.4, -0.2) is 37.3 Å². The van der Waals surface area contributed by atoms with E-state index in [1.807, 2.05) is 0 Å². The number of nitrogens with zero attached hydrogens (tertiary/aromatic N) is 1. The molecule has 0 radical (unpaired) electrons. The average molecular weight is 326 g/mol. The fourth-order valence-electron chi connectivity index (χ4n) is 2.62. The molecule has 0 spiro atoms. The van der Waals surface area contributed by atoms with Gasteiger partial charge in [-0.15, -0.1) is 0 Å². The van der Waals surface area contributed by atoms with Crippen molar-refractivity contribution >= 4 is 0 Å². The molecule has 1 atom stereocenters. The molecule has 2 nitrogen and oxygen atoms in total. The average Bonchev–Trinajstić information content (AvgIpc) is 2.45. The van der Waals surface area contributed by atoms with Crippen LogP contribution >= 0.6 is 0 Å². The summed E-state index contributed by atoms with van der Waals surface area (Å²) in [5, 5.41) is 3.05. The molecule has 1 fully saturated rings. The lowest BCUT2D eigenvalue weighted by molar-refractivity contribution is -0.138. The molecule has 0 bridgehead atoms. The summed E-state index contributed by atoms with van der Waals surface area (Å²) in [5.74, 6) is -4.39. The maximum Gasteiger partial charge on any atom is 0.389 e. The van der Waals surface area contributed by atoms with Crippen LogP contribution in [0.5, 0.6) is 0 Å². The Morgan fingerprint density at radius 1 is 1.05 bits per heavy atom. The van der Waals surface area contributed by atoms with Crippen LogP contribution in [0, 0.1) is 17.5 Å². The molecule has 0 aliphatic carbocycles. The van der Waals surface area contributed by atoms with Crippen molar-refractivity contribution in [2.75, 3.05) is 26.2 Å². The minimum Gasteiger partial charge on any atom is -0.314 e. The summed E-state index contributed by atoms with van der Waals surface area (Å²) in [5.41, 5.74) is 0.0301. The highest BCUT2D eigenvalue weighted by Crippen LogP contribution is 2.32. The Morgan fingerprint density at radius 3 is 2.09 bits per heavy atom. The maximum atomic E-state index is 13.4.